The summed E-state index contributed by atoms with van der Waals surface area (Å²) in [6.45, 7) is 4.12. The molecule has 1 atom stereocenters. The highest BCUT2D eigenvalue weighted by Crippen LogP contribution is 2.20. The van der Waals surface area contributed by atoms with Crippen LogP contribution in [-0.2, 0) is 11.3 Å². The Bertz CT molecular complexity index is 526. The van der Waals surface area contributed by atoms with Gasteiger partial charge in [-0.25, -0.2) is 0 Å². The number of morpholine rings is 1. The quantitative estimate of drug-likeness (QED) is 0.894. The van der Waals surface area contributed by atoms with Gasteiger partial charge in [0, 0.05) is 25.0 Å². The van der Waals surface area contributed by atoms with Gasteiger partial charge in [0.05, 0.1) is 24.8 Å². The molecule has 108 valence electrons. The van der Waals surface area contributed by atoms with E-state index in [0.717, 1.165) is 37.6 Å². The van der Waals surface area contributed by atoms with Crippen molar-refractivity contribution in [3.05, 3.63) is 22.7 Å². The number of ether oxygens (including phenoxy) is 1. The number of hydrogen-bond acceptors (Lipinski definition) is 7. The monoisotopic (exact) mass is 294 g/mol. The predicted molar refractivity (Wildman–Crippen MR) is 76.6 cm³/mol. The molecule has 3 rings (SSSR count). The summed E-state index contributed by atoms with van der Waals surface area (Å²) < 4.78 is 11.0. The van der Waals surface area contributed by atoms with Gasteiger partial charge in [-0.05, 0) is 18.5 Å². The molecular weight excluding hydrogens is 276 g/mol. The minimum atomic E-state index is 0.233. The summed E-state index contributed by atoms with van der Waals surface area (Å²) in [6, 6.07) is 1.99. The third kappa shape index (κ3) is 3.24. The topological polar surface area (TPSA) is 63.4 Å². The van der Waals surface area contributed by atoms with E-state index in [-0.39, 0.29) is 6.10 Å². The van der Waals surface area contributed by atoms with E-state index >= 15 is 0 Å². The Morgan fingerprint density at radius 3 is 3.30 bits per heavy atom. The minimum absolute atomic E-state index is 0.233. The lowest BCUT2D eigenvalue weighted by Crippen LogP contribution is -2.45. The number of thiophene rings is 1. The molecule has 20 heavy (non-hydrogen) atoms. The molecule has 0 saturated carbocycles. The Kier molecular flexibility index (Phi) is 4.41. The van der Waals surface area contributed by atoms with Gasteiger partial charge in [0.2, 0.25) is 0 Å². The molecule has 0 bridgehead atoms. The van der Waals surface area contributed by atoms with Gasteiger partial charge in [0.1, 0.15) is 0 Å². The minimum Gasteiger partial charge on any atom is -0.374 e. The number of nitrogens with zero attached hydrogens (tertiary/aromatic N) is 3. The Hall–Kier alpha value is -1.28. The highest BCUT2D eigenvalue weighted by atomic mass is 32.1. The lowest BCUT2D eigenvalue weighted by molar-refractivity contribution is -0.0300. The van der Waals surface area contributed by atoms with Crippen molar-refractivity contribution in [3.8, 4) is 11.5 Å². The molecule has 0 amide bonds. The smallest absolute Gasteiger partial charge is 0.258 e. The van der Waals surface area contributed by atoms with Crippen LogP contribution in [0.1, 0.15) is 5.82 Å². The Morgan fingerprint density at radius 1 is 1.55 bits per heavy atom. The van der Waals surface area contributed by atoms with Crippen molar-refractivity contribution in [2.24, 2.45) is 0 Å². The molecule has 1 fully saturated rings. The summed E-state index contributed by atoms with van der Waals surface area (Å²) in [5.41, 5.74) is 0.990. The molecule has 0 radical (unpaired) electrons. The van der Waals surface area contributed by atoms with Gasteiger partial charge in [-0.3, -0.25) is 4.90 Å². The van der Waals surface area contributed by atoms with Gasteiger partial charge in [-0.1, -0.05) is 5.16 Å². The molecule has 1 aliphatic rings. The second-order valence-corrected chi connectivity index (χ2v) is 5.59. The third-order valence-electron chi connectivity index (χ3n) is 3.26. The standard InChI is InChI=1S/C13H18N4O2S/c1-14-6-11-7-17(3-4-18-11)8-12-15-13(19-16-12)10-2-5-20-9-10/h2,5,9,11,14H,3-4,6-8H2,1H3. The molecule has 0 aliphatic carbocycles. The molecular formula is C13H18N4O2S. The van der Waals surface area contributed by atoms with Crippen molar-refractivity contribution in [3.63, 3.8) is 0 Å². The molecule has 6 nitrogen and oxygen atoms in total. The number of hydrogen-bond donors (Lipinski definition) is 1. The summed E-state index contributed by atoms with van der Waals surface area (Å²) in [7, 11) is 1.94. The summed E-state index contributed by atoms with van der Waals surface area (Å²) in [5.74, 6) is 1.33. The third-order valence-corrected chi connectivity index (χ3v) is 3.94. The van der Waals surface area contributed by atoms with E-state index in [1.54, 1.807) is 11.3 Å². The first kappa shape index (κ1) is 13.7. The summed E-state index contributed by atoms with van der Waals surface area (Å²) in [4.78, 5) is 6.75. The Balaban J connectivity index is 1.60. The van der Waals surface area contributed by atoms with Crippen molar-refractivity contribution in [2.75, 3.05) is 33.3 Å². The van der Waals surface area contributed by atoms with Crippen molar-refractivity contribution < 1.29 is 9.26 Å². The average Bonchev–Trinajstić information content (AvgIpc) is 3.10. The van der Waals surface area contributed by atoms with Crippen molar-refractivity contribution in [1.29, 1.82) is 0 Å². The number of aromatic nitrogens is 2. The first-order chi connectivity index (χ1) is 9.85. The van der Waals surface area contributed by atoms with E-state index < -0.39 is 0 Å². The zero-order chi connectivity index (χ0) is 13.8. The number of likely N-dealkylation sites (N-methyl/N-ethyl adjacent to an activating group) is 1. The molecule has 0 spiro atoms. The zero-order valence-corrected chi connectivity index (χ0v) is 12.2. The average molecular weight is 294 g/mol. The highest BCUT2D eigenvalue weighted by Gasteiger charge is 2.21. The lowest BCUT2D eigenvalue weighted by Gasteiger charge is -2.31. The summed E-state index contributed by atoms with van der Waals surface area (Å²) >= 11 is 1.62. The van der Waals surface area contributed by atoms with E-state index in [4.69, 9.17) is 9.26 Å². The van der Waals surface area contributed by atoms with Crippen LogP contribution in [0, 0.1) is 0 Å². The predicted octanol–water partition coefficient (Wildman–Crippen LogP) is 1.22. The molecule has 1 unspecified atom stereocenters. The first-order valence-electron chi connectivity index (χ1n) is 6.69. The second-order valence-electron chi connectivity index (χ2n) is 4.81. The van der Waals surface area contributed by atoms with E-state index in [0.29, 0.717) is 12.4 Å². The normalized spacial score (nSPS) is 20.4. The van der Waals surface area contributed by atoms with Gasteiger partial charge in [0.25, 0.3) is 5.89 Å². The SMILES string of the molecule is CNCC1CN(Cc2noc(-c3ccsc3)n2)CCO1. The Labute approximate surface area is 121 Å². The molecule has 1 saturated heterocycles. The molecule has 1 N–H and O–H groups in total. The fourth-order valence-electron chi connectivity index (χ4n) is 2.30. The lowest BCUT2D eigenvalue weighted by atomic mass is 10.2. The van der Waals surface area contributed by atoms with E-state index in [2.05, 4.69) is 20.4 Å². The summed E-state index contributed by atoms with van der Waals surface area (Å²) in [5, 5.41) is 11.2. The molecule has 7 heteroatoms. The van der Waals surface area contributed by atoms with Gasteiger partial charge < -0.3 is 14.6 Å². The van der Waals surface area contributed by atoms with Crippen LogP contribution in [0.15, 0.2) is 21.3 Å². The maximum Gasteiger partial charge on any atom is 0.258 e. The van der Waals surface area contributed by atoms with Crippen LogP contribution in [0.5, 0.6) is 0 Å². The number of nitrogens with one attached hydrogen (secondary N) is 1. The van der Waals surface area contributed by atoms with Crippen molar-refractivity contribution >= 4 is 11.3 Å². The van der Waals surface area contributed by atoms with Crippen LogP contribution in [-0.4, -0.2) is 54.4 Å². The van der Waals surface area contributed by atoms with Crippen LogP contribution in [0.4, 0.5) is 0 Å². The first-order valence-corrected chi connectivity index (χ1v) is 7.63. The molecule has 3 heterocycles. The molecule has 2 aromatic rings. The maximum atomic E-state index is 5.68. The fraction of sp³-hybridized carbons (Fsp3) is 0.538. The van der Waals surface area contributed by atoms with Crippen LogP contribution < -0.4 is 5.32 Å². The van der Waals surface area contributed by atoms with Gasteiger partial charge in [-0.15, -0.1) is 0 Å². The summed E-state index contributed by atoms with van der Waals surface area (Å²) in [6.07, 6.45) is 0.233. The highest BCUT2D eigenvalue weighted by molar-refractivity contribution is 7.08. The maximum absolute atomic E-state index is 5.68. The van der Waals surface area contributed by atoms with Gasteiger partial charge in [-0.2, -0.15) is 16.3 Å². The zero-order valence-electron chi connectivity index (χ0n) is 11.4. The van der Waals surface area contributed by atoms with E-state index in [1.165, 1.54) is 0 Å². The van der Waals surface area contributed by atoms with Gasteiger partial charge >= 0.3 is 0 Å². The van der Waals surface area contributed by atoms with E-state index in [1.807, 2.05) is 23.9 Å². The molecule has 0 aromatic carbocycles. The van der Waals surface area contributed by atoms with Crippen molar-refractivity contribution in [1.82, 2.24) is 20.4 Å². The second kappa shape index (κ2) is 6.45. The van der Waals surface area contributed by atoms with Crippen LogP contribution in [0.2, 0.25) is 0 Å². The largest absolute Gasteiger partial charge is 0.374 e. The molecule has 2 aromatic heterocycles. The van der Waals surface area contributed by atoms with E-state index in [9.17, 15) is 0 Å². The molecule has 1 aliphatic heterocycles. The van der Waals surface area contributed by atoms with Gasteiger partial charge in [0.15, 0.2) is 5.82 Å². The fourth-order valence-corrected chi connectivity index (χ4v) is 2.93. The van der Waals surface area contributed by atoms with Crippen LogP contribution in [0.3, 0.4) is 0 Å². The van der Waals surface area contributed by atoms with Crippen LogP contribution >= 0.6 is 11.3 Å². The number of rotatable bonds is 5. The van der Waals surface area contributed by atoms with Crippen molar-refractivity contribution in [2.45, 2.75) is 12.6 Å². The van der Waals surface area contributed by atoms with Crippen LogP contribution in [0.25, 0.3) is 11.5 Å². The Morgan fingerprint density at radius 2 is 2.50 bits per heavy atom.